The summed E-state index contributed by atoms with van der Waals surface area (Å²) < 4.78 is 5.39. The number of esters is 1. The second kappa shape index (κ2) is 7.29. The summed E-state index contributed by atoms with van der Waals surface area (Å²) >= 11 is 0. The molecule has 7 atom stereocenters. The highest BCUT2D eigenvalue weighted by atomic mass is 16.5. The van der Waals surface area contributed by atoms with Crippen LogP contribution in [0, 0.1) is 50.7 Å². The van der Waals surface area contributed by atoms with Crippen molar-refractivity contribution < 1.29 is 19.1 Å². The minimum Gasteiger partial charge on any atom is -0.469 e. The zero-order valence-electron chi connectivity index (χ0n) is 22.4. The van der Waals surface area contributed by atoms with Crippen LogP contribution in [0.2, 0.25) is 0 Å². The van der Waals surface area contributed by atoms with Crippen molar-refractivity contribution in [3.63, 3.8) is 0 Å². The maximum atomic E-state index is 14.2. The highest BCUT2D eigenvalue weighted by molar-refractivity contribution is 5.96. The first-order valence-electron chi connectivity index (χ1n) is 13.6. The zero-order valence-corrected chi connectivity index (χ0v) is 22.4. The van der Waals surface area contributed by atoms with E-state index in [4.69, 9.17) is 4.74 Å². The third-order valence-electron chi connectivity index (χ3n) is 12.0. The fourth-order valence-electron chi connectivity index (χ4n) is 9.93. The Hall–Kier alpha value is -1.45. The molecule has 0 aromatic rings. The van der Waals surface area contributed by atoms with E-state index < -0.39 is 5.41 Å². The minimum absolute atomic E-state index is 0.0441. The van der Waals surface area contributed by atoms with Crippen LogP contribution < -0.4 is 0 Å². The van der Waals surface area contributed by atoms with Gasteiger partial charge in [0.2, 0.25) is 0 Å². The Labute approximate surface area is 205 Å². The fourth-order valence-corrected chi connectivity index (χ4v) is 9.93. The Bertz CT molecular complexity index is 972. The summed E-state index contributed by atoms with van der Waals surface area (Å²) in [4.78, 5) is 40.3. The summed E-state index contributed by atoms with van der Waals surface area (Å²) in [6.07, 6.45) is 10.1. The molecule has 0 aliphatic heterocycles. The lowest BCUT2D eigenvalue weighted by Crippen LogP contribution is -2.63. The molecule has 0 saturated heterocycles. The molecule has 0 bridgehead atoms. The van der Waals surface area contributed by atoms with Gasteiger partial charge in [-0.1, -0.05) is 47.1 Å². The maximum Gasteiger partial charge on any atom is 0.312 e. The molecule has 0 spiro atoms. The van der Waals surface area contributed by atoms with Gasteiger partial charge in [0.15, 0.2) is 5.78 Å². The van der Waals surface area contributed by atoms with Crippen molar-refractivity contribution in [2.45, 2.75) is 99.3 Å². The summed E-state index contributed by atoms with van der Waals surface area (Å²) in [5.41, 5.74) is 0.384. The molecule has 34 heavy (non-hydrogen) atoms. The van der Waals surface area contributed by atoms with E-state index in [-0.39, 0.29) is 45.2 Å². The average molecular weight is 469 g/mol. The van der Waals surface area contributed by atoms with E-state index in [0.29, 0.717) is 24.0 Å². The van der Waals surface area contributed by atoms with Crippen molar-refractivity contribution in [2.24, 2.45) is 50.7 Å². The van der Waals surface area contributed by atoms with Crippen LogP contribution in [0.1, 0.15) is 99.3 Å². The summed E-state index contributed by atoms with van der Waals surface area (Å²) in [6, 6.07) is 0. The molecule has 188 valence electrons. The highest BCUT2D eigenvalue weighted by Crippen LogP contribution is 2.70. The Kier molecular flexibility index (Phi) is 5.20. The number of hydrogen-bond donors (Lipinski definition) is 0. The number of allylic oxidation sites excluding steroid dienone is 2. The van der Waals surface area contributed by atoms with Gasteiger partial charge in [-0.15, -0.1) is 0 Å². The third-order valence-corrected chi connectivity index (χ3v) is 12.0. The lowest BCUT2D eigenvalue weighted by molar-refractivity contribution is -0.184. The number of Topliss-reactive ketones (excluding diaryl/α,β-unsaturated/α-hetero) is 1. The number of carbonyl (C=O) groups excluding carboxylic acids is 3. The summed E-state index contributed by atoms with van der Waals surface area (Å²) in [5, 5.41) is 0. The minimum atomic E-state index is -0.518. The molecular formula is C30H44O4. The predicted octanol–water partition coefficient (Wildman–Crippen LogP) is 6.32. The van der Waals surface area contributed by atoms with Gasteiger partial charge in [-0.3, -0.25) is 14.4 Å². The van der Waals surface area contributed by atoms with Crippen LogP contribution in [-0.2, 0) is 19.1 Å². The van der Waals surface area contributed by atoms with E-state index in [1.165, 1.54) is 12.7 Å². The zero-order chi connectivity index (χ0) is 24.9. The standard InChI is InChI=1S/C30H44O4/c1-26(2)12-14-30(25(33)34-7)15-13-29(6)18-8-9-22-27(3,4)23(32)10-11-28(22,5)19(18)16-21(31)24(29)20(30)17-26/h16,18,20,22,24H,8-15,17H2,1-7H3/t18-,20+,22+,24+,28-,29+,30+/m1/s1. The molecular weight excluding hydrogens is 424 g/mol. The van der Waals surface area contributed by atoms with Crippen LogP contribution in [-0.4, -0.2) is 24.6 Å². The van der Waals surface area contributed by atoms with Gasteiger partial charge in [0.25, 0.3) is 0 Å². The number of carbonyl (C=O) groups is 3. The van der Waals surface area contributed by atoms with Crippen LogP contribution in [0.5, 0.6) is 0 Å². The van der Waals surface area contributed by atoms with Crippen molar-refractivity contribution in [1.82, 2.24) is 0 Å². The first-order chi connectivity index (χ1) is 15.7. The normalized spacial score (nSPS) is 46.9. The molecule has 4 nitrogen and oxygen atoms in total. The predicted molar refractivity (Wildman–Crippen MR) is 132 cm³/mol. The molecule has 4 fully saturated rings. The molecule has 0 unspecified atom stereocenters. The smallest absolute Gasteiger partial charge is 0.312 e. The second-order valence-corrected chi connectivity index (χ2v) is 14.4. The molecule has 4 heteroatoms. The fraction of sp³-hybridized carbons (Fsp3) is 0.833. The first-order valence-corrected chi connectivity index (χ1v) is 13.6. The summed E-state index contributed by atoms with van der Waals surface area (Å²) in [5.74, 6) is 1.10. The number of ether oxygens (including phenoxy) is 1. The molecule has 0 N–H and O–H groups in total. The van der Waals surface area contributed by atoms with Gasteiger partial charge in [-0.25, -0.2) is 0 Å². The van der Waals surface area contributed by atoms with Crippen molar-refractivity contribution >= 4 is 17.5 Å². The second-order valence-electron chi connectivity index (χ2n) is 14.4. The molecule has 0 heterocycles. The number of hydrogen-bond acceptors (Lipinski definition) is 4. The lowest BCUT2D eigenvalue weighted by Gasteiger charge is -2.65. The van der Waals surface area contributed by atoms with E-state index >= 15 is 0 Å². The summed E-state index contributed by atoms with van der Waals surface area (Å²) in [7, 11) is 1.51. The van der Waals surface area contributed by atoms with Gasteiger partial charge in [-0.2, -0.15) is 0 Å². The molecule has 0 aromatic carbocycles. The molecule has 5 aliphatic carbocycles. The van der Waals surface area contributed by atoms with Gasteiger partial charge < -0.3 is 4.74 Å². The number of ketones is 2. The van der Waals surface area contributed by atoms with E-state index in [1.54, 1.807) is 0 Å². The lowest BCUT2D eigenvalue weighted by atomic mass is 9.38. The highest BCUT2D eigenvalue weighted by Gasteiger charge is 2.67. The van der Waals surface area contributed by atoms with Crippen LogP contribution in [0.4, 0.5) is 0 Å². The summed E-state index contributed by atoms with van der Waals surface area (Å²) in [6.45, 7) is 13.5. The number of rotatable bonds is 1. The van der Waals surface area contributed by atoms with Crippen molar-refractivity contribution in [1.29, 1.82) is 0 Å². The van der Waals surface area contributed by atoms with Crippen LogP contribution in [0.3, 0.4) is 0 Å². The largest absolute Gasteiger partial charge is 0.469 e. The Morgan fingerprint density at radius 3 is 2.29 bits per heavy atom. The molecule has 0 amide bonds. The van der Waals surface area contributed by atoms with Gasteiger partial charge in [-0.05, 0) is 91.4 Å². The maximum absolute atomic E-state index is 14.2. The van der Waals surface area contributed by atoms with Crippen molar-refractivity contribution in [2.75, 3.05) is 7.11 Å². The third kappa shape index (κ3) is 2.98. The molecule has 0 radical (unpaired) electrons. The molecule has 0 aromatic heterocycles. The van der Waals surface area contributed by atoms with Gasteiger partial charge in [0.05, 0.1) is 12.5 Å². The average Bonchev–Trinajstić information content (AvgIpc) is 2.76. The van der Waals surface area contributed by atoms with Gasteiger partial charge >= 0.3 is 5.97 Å². The Morgan fingerprint density at radius 1 is 0.941 bits per heavy atom. The molecule has 4 saturated carbocycles. The van der Waals surface area contributed by atoms with Crippen molar-refractivity contribution in [3.05, 3.63) is 11.6 Å². The van der Waals surface area contributed by atoms with E-state index in [2.05, 4.69) is 41.5 Å². The van der Waals surface area contributed by atoms with Gasteiger partial charge in [0.1, 0.15) is 5.78 Å². The number of methoxy groups -OCH3 is 1. The quantitative estimate of drug-likeness (QED) is 0.423. The SMILES string of the molecule is COC(=O)[C@]12CCC(C)(C)C[C@H]1[C@H]1C(=O)C=C3[C@@H](CC[C@H]4C(C)(C)C(=O)CC[C@]34C)[C@]1(C)CC2. The van der Waals surface area contributed by atoms with E-state index in [9.17, 15) is 14.4 Å². The van der Waals surface area contributed by atoms with Crippen LogP contribution in [0.25, 0.3) is 0 Å². The Balaban J connectivity index is 1.61. The van der Waals surface area contributed by atoms with Gasteiger partial charge in [0, 0.05) is 17.8 Å². The van der Waals surface area contributed by atoms with Crippen LogP contribution in [0.15, 0.2) is 11.6 Å². The molecule has 5 aliphatic rings. The monoisotopic (exact) mass is 468 g/mol. The molecule has 5 rings (SSSR count). The first kappa shape index (κ1) is 24.3. The Morgan fingerprint density at radius 2 is 1.62 bits per heavy atom. The van der Waals surface area contributed by atoms with Crippen LogP contribution >= 0.6 is 0 Å². The van der Waals surface area contributed by atoms with E-state index in [0.717, 1.165) is 51.4 Å². The van der Waals surface area contributed by atoms with E-state index in [1.807, 2.05) is 6.08 Å². The number of fused-ring (bicyclic) bond motifs is 7. The van der Waals surface area contributed by atoms with Crippen molar-refractivity contribution in [3.8, 4) is 0 Å². The topological polar surface area (TPSA) is 60.4 Å².